The maximum Gasteiger partial charge on any atom is 0.303 e. The highest BCUT2D eigenvalue weighted by Gasteiger charge is 2.25. The number of nitrogens with zero attached hydrogens (tertiary/aromatic N) is 1. The van der Waals surface area contributed by atoms with Crippen LogP contribution < -0.4 is 5.32 Å². The number of amides is 1. The smallest absolute Gasteiger partial charge is 0.303 e. The van der Waals surface area contributed by atoms with Crippen LogP contribution in [0.2, 0.25) is 0 Å². The molecule has 0 saturated heterocycles. The Kier molecular flexibility index (Phi) is 5.25. The van der Waals surface area contributed by atoms with Gasteiger partial charge in [0.05, 0.1) is 0 Å². The molecule has 0 spiro atoms. The molecule has 0 aromatic carbocycles. The van der Waals surface area contributed by atoms with Gasteiger partial charge >= 0.3 is 5.97 Å². The lowest BCUT2D eigenvalue weighted by Gasteiger charge is -2.15. The fraction of sp³-hybridized carbons (Fsp3) is 0.818. The van der Waals surface area contributed by atoms with Gasteiger partial charge in [-0.25, -0.2) is 0 Å². The van der Waals surface area contributed by atoms with Crippen molar-refractivity contribution in [3.8, 4) is 0 Å². The number of hydrogen-bond acceptors (Lipinski definition) is 3. The molecule has 1 aliphatic rings. The van der Waals surface area contributed by atoms with Gasteiger partial charge in [0.1, 0.15) is 0 Å². The molecule has 0 aromatic heterocycles. The third-order valence-electron chi connectivity index (χ3n) is 2.75. The Bertz CT molecular complexity index is 252. The van der Waals surface area contributed by atoms with Crippen LogP contribution in [0.3, 0.4) is 0 Å². The fourth-order valence-corrected chi connectivity index (χ4v) is 1.56. The molecule has 0 atom stereocenters. The maximum absolute atomic E-state index is 11.3. The molecule has 16 heavy (non-hydrogen) atoms. The number of carboxylic acids is 1. The molecule has 0 aromatic rings. The monoisotopic (exact) mass is 228 g/mol. The van der Waals surface area contributed by atoms with Gasteiger partial charge < -0.3 is 15.3 Å². The molecule has 0 heterocycles. The predicted octanol–water partition coefficient (Wildman–Crippen LogP) is 0.452. The van der Waals surface area contributed by atoms with Gasteiger partial charge in [0.15, 0.2) is 0 Å². The van der Waals surface area contributed by atoms with Gasteiger partial charge in [-0.2, -0.15) is 0 Å². The van der Waals surface area contributed by atoms with Crippen LogP contribution in [-0.2, 0) is 9.59 Å². The number of nitrogens with one attached hydrogen (secondary N) is 1. The summed E-state index contributed by atoms with van der Waals surface area (Å²) in [7, 11) is 2.06. The Morgan fingerprint density at radius 2 is 2.06 bits per heavy atom. The Balaban J connectivity index is 1.94. The van der Waals surface area contributed by atoms with E-state index in [1.54, 1.807) is 0 Å². The van der Waals surface area contributed by atoms with Crippen molar-refractivity contribution in [2.24, 2.45) is 0 Å². The Hall–Kier alpha value is -1.10. The minimum absolute atomic E-state index is 0.0505. The summed E-state index contributed by atoms with van der Waals surface area (Å²) in [6, 6.07) is 0.712. The number of aliphatic carboxylic acids is 1. The maximum atomic E-state index is 11.3. The SMILES string of the molecule is CN(CCNC(=O)CCCC(=O)O)C1CC1. The van der Waals surface area contributed by atoms with Crippen molar-refractivity contribution >= 4 is 11.9 Å². The van der Waals surface area contributed by atoms with Crippen LogP contribution in [-0.4, -0.2) is 48.1 Å². The number of rotatable bonds is 8. The minimum atomic E-state index is -0.846. The second-order valence-electron chi connectivity index (χ2n) is 4.31. The average molecular weight is 228 g/mol. The van der Waals surface area contributed by atoms with Crippen molar-refractivity contribution in [3.63, 3.8) is 0 Å². The lowest BCUT2D eigenvalue weighted by atomic mass is 10.2. The number of carboxylic acid groups (broad SMARTS) is 1. The largest absolute Gasteiger partial charge is 0.481 e. The Morgan fingerprint density at radius 1 is 1.38 bits per heavy atom. The molecule has 0 aliphatic heterocycles. The van der Waals surface area contributed by atoms with Gasteiger partial charge in [0.25, 0.3) is 0 Å². The summed E-state index contributed by atoms with van der Waals surface area (Å²) in [5.41, 5.74) is 0. The van der Waals surface area contributed by atoms with E-state index in [1.807, 2.05) is 0 Å². The summed E-state index contributed by atoms with van der Waals surface area (Å²) in [5.74, 6) is -0.897. The van der Waals surface area contributed by atoms with Crippen molar-refractivity contribution in [3.05, 3.63) is 0 Å². The first kappa shape index (κ1) is 13.0. The molecular formula is C11H20N2O3. The normalized spacial score (nSPS) is 15.1. The number of likely N-dealkylation sites (N-methyl/N-ethyl adjacent to an activating group) is 1. The highest BCUT2D eigenvalue weighted by molar-refractivity contribution is 5.76. The minimum Gasteiger partial charge on any atom is -0.481 e. The third-order valence-corrected chi connectivity index (χ3v) is 2.75. The van der Waals surface area contributed by atoms with Gasteiger partial charge in [-0.05, 0) is 26.3 Å². The second kappa shape index (κ2) is 6.48. The molecule has 0 unspecified atom stereocenters. The van der Waals surface area contributed by atoms with Crippen molar-refractivity contribution in [1.29, 1.82) is 0 Å². The van der Waals surface area contributed by atoms with E-state index in [9.17, 15) is 9.59 Å². The molecule has 5 nitrogen and oxygen atoms in total. The van der Waals surface area contributed by atoms with E-state index < -0.39 is 5.97 Å². The third kappa shape index (κ3) is 5.70. The van der Waals surface area contributed by atoms with E-state index in [2.05, 4.69) is 17.3 Å². The molecule has 1 fully saturated rings. The van der Waals surface area contributed by atoms with Gasteiger partial charge in [-0.15, -0.1) is 0 Å². The van der Waals surface area contributed by atoms with Crippen LogP contribution in [0.5, 0.6) is 0 Å². The summed E-state index contributed by atoms with van der Waals surface area (Å²) in [6.45, 7) is 1.52. The number of carbonyl (C=O) groups excluding carboxylic acids is 1. The first-order chi connectivity index (χ1) is 7.59. The molecule has 2 N–H and O–H groups in total. The first-order valence-corrected chi connectivity index (χ1v) is 5.78. The van der Waals surface area contributed by atoms with Crippen molar-refractivity contribution in [2.75, 3.05) is 20.1 Å². The summed E-state index contributed by atoms with van der Waals surface area (Å²) < 4.78 is 0. The Labute approximate surface area is 95.8 Å². The van der Waals surface area contributed by atoms with E-state index in [1.165, 1.54) is 12.8 Å². The predicted molar refractivity (Wildman–Crippen MR) is 60.1 cm³/mol. The van der Waals surface area contributed by atoms with Gasteiger partial charge in [0.2, 0.25) is 5.91 Å². The quantitative estimate of drug-likeness (QED) is 0.633. The zero-order valence-corrected chi connectivity index (χ0v) is 9.74. The highest BCUT2D eigenvalue weighted by Crippen LogP contribution is 2.24. The molecule has 1 aliphatic carbocycles. The van der Waals surface area contributed by atoms with E-state index in [4.69, 9.17) is 5.11 Å². The molecular weight excluding hydrogens is 208 g/mol. The summed E-state index contributed by atoms with van der Waals surface area (Å²) in [4.78, 5) is 23.7. The van der Waals surface area contributed by atoms with Crippen molar-refractivity contribution < 1.29 is 14.7 Å². The molecule has 92 valence electrons. The standard InChI is InChI=1S/C11H20N2O3/c1-13(9-5-6-9)8-7-12-10(14)3-2-4-11(15)16/h9H,2-8H2,1H3,(H,12,14)(H,15,16). The van der Waals surface area contributed by atoms with Crippen LogP contribution in [0.25, 0.3) is 0 Å². The van der Waals surface area contributed by atoms with E-state index >= 15 is 0 Å². The molecule has 1 saturated carbocycles. The van der Waals surface area contributed by atoms with Crippen LogP contribution in [0.15, 0.2) is 0 Å². The first-order valence-electron chi connectivity index (χ1n) is 5.78. The van der Waals surface area contributed by atoms with Crippen molar-refractivity contribution in [1.82, 2.24) is 10.2 Å². The van der Waals surface area contributed by atoms with Crippen LogP contribution in [0, 0.1) is 0 Å². The lowest BCUT2D eigenvalue weighted by Crippen LogP contribution is -2.33. The van der Waals surface area contributed by atoms with Crippen LogP contribution in [0.1, 0.15) is 32.1 Å². The topological polar surface area (TPSA) is 69.6 Å². The Morgan fingerprint density at radius 3 is 2.62 bits per heavy atom. The number of hydrogen-bond donors (Lipinski definition) is 2. The van der Waals surface area contributed by atoms with E-state index in [0.717, 1.165) is 6.54 Å². The van der Waals surface area contributed by atoms with Gasteiger partial charge in [-0.1, -0.05) is 0 Å². The lowest BCUT2D eigenvalue weighted by molar-refractivity contribution is -0.137. The van der Waals surface area contributed by atoms with Crippen LogP contribution in [0.4, 0.5) is 0 Å². The summed E-state index contributed by atoms with van der Waals surface area (Å²) >= 11 is 0. The van der Waals surface area contributed by atoms with Gasteiger partial charge in [-0.3, -0.25) is 9.59 Å². The second-order valence-corrected chi connectivity index (χ2v) is 4.31. The van der Waals surface area contributed by atoms with E-state index in [0.29, 0.717) is 25.4 Å². The molecule has 1 rings (SSSR count). The molecule has 0 radical (unpaired) electrons. The highest BCUT2D eigenvalue weighted by atomic mass is 16.4. The molecule has 0 bridgehead atoms. The van der Waals surface area contributed by atoms with Crippen LogP contribution >= 0.6 is 0 Å². The molecule has 1 amide bonds. The zero-order chi connectivity index (χ0) is 12.0. The molecule has 5 heteroatoms. The number of carbonyl (C=O) groups is 2. The summed E-state index contributed by atoms with van der Waals surface area (Å²) in [6.07, 6.45) is 3.32. The average Bonchev–Trinajstić information content (AvgIpc) is 2.99. The van der Waals surface area contributed by atoms with Crippen molar-refractivity contribution in [2.45, 2.75) is 38.1 Å². The zero-order valence-electron chi connectivity index (χ0n) is 9.74. The van der Waals surface area contributed by atoms with E-state index in [-0.39, 0.29) is 12.3 Å². The summed E-state index contributed by atoms with van der Waals surface area (Å²) in [5, 5.41) is 11.2. The fourth-order valence-electron chi connectivity index (χ4n) is 1.56. The van der Waals surface area contributed by atoms with Gasteiger partial charge in [0, 0.05) is 32.0 Å².